The summed E-state index contributed by atoms with van der Waals surface area (Å²) in [6.07, 6.45) is 3.38. The van der Waals surface area contributed by atoms with Gasteiger partial charge < -0.3 is 20.6 Å². The molecule has 2 heterocycles. The van der Waals surface area contributed by atoms with E-state index in [1.54, 1.807) is 24.0 Å². The zero-order chi connectivity index (χ0) is 16.9. The van der Waals surface area contributed by atoms with Gasteiger partial charge in [0.1, 0.15) is 5.60 Å². The van der Waals surface area contributed by atoms with Gasteiger partial charge in [-0.3, -0.25) is 4.68 Å². The summed E-state index contributed by atoms with van der Waals surface area (Å²) >= 11 is 1.46. The third kappa shape index (κ3) is 5.34. The number of carbonyl (C=O) groups excluding carboxylic acids is 1. The number of nitrogens with one attached hydrogen (secondary N) is 2. The van der Waals surface area contributed by atoms with Gasteiger partial charge in [0.05, 0.1) is 25.0 Å². The second kappa shape index (κ2) is 7.58. The van der Waals surface area contributed by atoms with E-state index in [4.69, 9.17) is 0 Å². The fraction of sp³-hybridized carbons (Fsp3) is 0.467. The lowest BCUT2D eigenvalue weighted by Crippen LogP contribution is -2.40. The monoisotopic (exact) mass is 337 g/mol. The van der Waals surface area contributed by atoms with Gasteiger partial charge in [-0.25, -0.2) is 4.79 Å². The Balaban J connectivity index is 1.81. The summed E-state index contributed by atoms with van der Waals surface area (Å²) in [4.78, 5) is 14.8. The molecule has 0 bridgehead atoms. The summed E-state index contributed by atoms with van der Waals surface area (Å²) in [5.41, 5.74) is -0.460. The summed E-state index contributed by atoms with van der Waals surface area (Å²) in [5.74, 6) is 0. The van der Waals surface area contributed by atoms with Crippen LogP contribution in [-0.4, -0.2) is 53.0 Å². The molecule has 0 aliphatic rings. The molecule has 0 aliphatic heterocycles. The lowest BCUT2D eigenvalue weighted by atomic mass is 10.1. The number of nitrogens with zero attached hydrogens (tertiary/aromatic N) is 3. The molecule has 0 saturated carbocycles. The largest absolute Gasteiger partial charge is 0.383 e. The fourth-order valence-corrected chi connectivity index (χ4v) is 2.74. The second-order valence-electron chi connectivity index (χ2n) is 5.85. The van der Waals surface area contributed by atoms with E-state index >= 15 is 0 Å². The lowest BCUT2D eigenvalue weighted by molar-refractivity contribution is 0.0637. The summed E-state index contributed by atoms with van der Waals surface area (Å²) in [7, 11) is 3.99. The van der Waals surface area contributed by atoms with Crippen molar-refractivity contribution in [1.82, 2.24) is 20.0 Å². The van der Waals surface area contributed by atoms with Crippen molar-refractivity contribution in [2.24, 2.45) is 0 Å². The van der Waals surface area contributed by atoms with Gasteiger partial charge in [0.2, 0.25) is 0 Å². The lowest BCUT2D eigenvalue weighted by Gasteiger charge is -2.22. The maximum Gasteiger partial charge on any atom is 0.319 e. The number of urea groups is 1. The molecule has 0 aliphatic carbocycles. The maximum atomic E-state index is 11.9. The molecular formula is C15H23N5O2S. The van der Waals surface area contributed by atoms with E-state index in [0.29, 0.717) is 5.69 Å². The smallest absolute Gasteiger partial charge is 0.319 e. The van der Waals surface area contributed by atoms with E-state index in [2.05, 4.69) is 20.6 Å². The molecule has 1 unspecified atom stereocenters. The molecule has 7 nitrogen and oxygen atoms in total. The first-order valence-corrected chi connectivity index (χ1v) is 8.23. The van der Waals surface area contributed by atoms with E-state index in [1.807, 2.05) is 31.6 Å². The van der Waals surface area contributed by atoms with Gasteiger partial charge >= 0.3 is 6.03 Å². The Morgan fingerprint density at radius 2 is 2.30 bits per heavy atom. The Morgan fingerprint density at radius 3 is 2.96 bits per heavy atom. The van der Waals surface area contributed by atoms with E-state index < -0.39 is 5.60 Å². The highest BCUT2D eigenvalue weighted by atomic mass is 32.1. The van der Waals surface area contributed by atoms with Crippen molar-refractivity contribution in [2.45, 2.75) is 19.1 Å². The molecule has 0 fully saturated rings. The Kier molecular flexibility index (Phi) is 5.75. The van der Waals surface area contributed by atoms with Crippen LogP contribution in [0, 0.1) is 0 Å². The Hall–Kier alpha value is -1.90. The molecule has 8 heteroatoms. The number of anilines is 1. The quantitative estimate of drug-likeness (QED) is 0.716. The van der Waals surface area contributed by atoms with Gasteiger partial charge in [-0.2, -0.15) is 5.10 Å². The number of thiophene rings is 1. The SMILES string of the molecule is CN(C)CCn1cc(NC(=O)NCC(C)(O)c2cccs2)cn1. The molecule has 0 saturated heterocycles. The summed E-state index contributed by atoms with van der Waals surface area (Å²) < 4.78 is 1.78. The van der Waals surface area contributed by atoms with Gasteiger partial charge in [0.15, 0.2) is 0 Å². The van der Waals surface area contributed by atoms with Crippen molar-refractivity contribution in [3.8, 4) is 0 Å². The van der Waals surface area contributed by atoms with Gasteiger partial charge in [-0.15, -0.1) is 11.3 Å². The van der Waals surface area contributed by atoms with Crippen LogP contribution in [0.1, 0.15) is 11.8 Å². The first-order valence-electron chi connectivity index (χ1n) is 7.35. The first-order chi connectivity index (χ1) is 10.9. The first kappa shape index (κ1) is 17.5. The highest BCUT2D eigenvalue weighted by Crippen LogP contribution is 2.24. The molecule has 2 amide bonds. The minimum Gasteiger partial charge on any atom is -0.383 e. The summed E-state index contributed by atoms with van der Waals surface area (Å²) in [6, 6.07) is 3.35. The highest BCUT2D eigenvalue weighted by molar-refractivity contribution is 7.10. The number of amides is 2. The van der Waals surface area contributed by atoms with E-state index in [9.17, 15) is 9.90 Å². The van der Waals surface area contributed by atoms with Gasteiger partial charge in [-0.05, 0) is 32.5 Å². The number of rotatable bonds is 7. The molecule has 3 N–H and O–H groups in total. The zero-order valence-corrected chi connectivity index (χ0v) is 14.4. The van der Waals surface area contributed by atoms with Crippen LogP contribution < -0.4 is 10.6 Å². The molecule has 126 valence electrons. The minimum absolute atomic E-state index is 0.133. The van der Waals surface area contributed by atoms with Crippen molar-refractivity contribution in [3.63, 3.8) is 0 Å². The number of aliphatic hydroxyl groups is 1. The van der Waals surface area contributed by atoms with Crippen LogP contribution in [-0.2, 0) is 12.1 Å². The number of carbonyl (C=O) groups is 1. The normalized spacial score (nSPS) is 13.8. The van der Waals surface area contributed by atoms with Crippen molar-refractivity contribution in [2.75, 3.05) is 32.5 Å². The van der Waals surface area contributed by atoms with Crippen molar-refractivity contribution >= 4 is 23.1 Å². The molecule has 23 heavy (non-hydrogen) atoms. The number of hydrogen-bond donors (Lipinski definition) is 3. The van der Waals surface area contributed by atoms with Gasteiger partial charge in [-0.1, -0.05) is 6.07 Å². The zero-order valence-electron chi connectivity index (χ0n) is 13.6. The number of likely N-dealkylation sites (N-methyl/N-ethyl adjacent to an activating group) is 1. The molecule has 0 radical (unpaired) electrons. The maximum absolute atomic E-state index is 11.9. The average molecular weight is 337 g/mol. The third-order valence-corrected chi connectivity index (χ3v) is 4.44. The summed E-state index contributed by atoms with van der Waals surface area (Å²) in [5, 5.41) is 21.8. The number of aromatic nitrogens is 2. The Labute approximate surface area is 139 Å². The van der Waals surface area contributed by atoms with Crippen LogP contribution in [0.25, 0.3) is 0 Å². The third-order valence-electron chi connectivity index (χ3n) is 3.31. The minimum atomic E-state index is -1.08. The summed E-state index contributed by atoms with van der Waals surface area (Å²) in [6.45, 7) is 3.44. The van der Waals surface area contributed by atoms with E-state index in [0.717, 1.165) is 18.0 Å². The van der Waals surface area contributed by atoms with Crippen LogP contribution in [0.15, 0.2) is 29.9 Å². The molecular weight excluding hydrogens is 314 g/mol. The molecule has 2 aromatic rings. The van der Waals surface area contributed by atoms with E-state index in [-0.39, 0.29) is 12.6 Å². The standard InChI is InChI=1S/C15H23N5O2S/c1-15(22,13-5-4-8-23-13)11-16-14(21)18-12-9-17-20(10-12)7-6-19(2)3/h4-5,8-10,22H,6-7,11H2,1-3H3,(H2,16,18,21). The highest BCUT2D eigenvalue weighted by Gasteiger charge is 2.24. The Bertz CT molecular complexity index is 622. The van der Waals surface area contributed by atoms with Gasteiger partial charge in [0, 0.05) is 17.6 Å². The second-order valence-corrected chi connectivity index (χ2v) is 6.80. The van der Waals surface area contributed by atoms with E-state index in [1.165, 1.54) is 11.3 Å². The Morgan fingerprint density at radius 1 is 1.52 bits per heavy atom. The predicted molar refractivity (Wildman–Crippen MR) is 91.7 cm³/mol. The van der Waals surface area contributed by atoms with Crippen LogP contribution >= 0.6 is 11.3 Å². The fourth-order valence-electron chi connectivity index (χ4n) is 1.95. The molecule has 2 rings (SSSR count). The predicted octanol–water partition coefficient (Wildman–Crippen LogP) is 1.54. The molecule has 0 spiro atoms. The number of hydrogen-bond acceptors (Lipinski definition) is 5. The van der Waals surface area contributed by atoms with Crippen LogP contribution in [0.3, 0.4) is 0 Å². The molecule has 0 aromatic carbocycles. The average Bonchev–Trinajstić information content (AvgIpc) is 3.15. The van der Waals surface area contributed by atoms with Crippen molar-refractivity contribution in [1.29, 1.82) is 0 Å². The van der Waals surface area contributed by atoms with Gasteiger partial charge in [0.25, 0.3) is 0 Å². The molecule has 2 aromatic heterocycles. The topological polar surface area (TPSA) is 82.4 Å². The van der Waals surface area contributed by atoms with Crippen molar-refractivity contribution in [3.05, 3.63) is 34.8 Å². The molecule has 1 atom stereocenters. The van der Waals surface area contributed by atoms with Crippen molar-refractivity contribution < 1.29 is 9.90 Å². The van der Waals surface area contributed by atoms with Crippen LogP contribution in [0.4, 0.5) is 10.5 Å². The van der Waals surface area contributed by atoms with Crippen LogP contribution in [0.2, 0.25) is 0 Å². The van der Waals surface area contributed by atoms with Crippen LogP contribution in [0.5, 0.6) is 0 Å².